The molecule has 0 bridgehead atoms. The van der Waals surface area contributed by atoms with Crippen molar-refractivity contribution in [3.05, 3.63) is 11.9 Å². The number of ether oxygens (including phenoxy) is 1. The molecule has 7 heteroatoms. The fraction of sp³-hybridized carbons (Fsp3) is 0.636. The Morgan fingerprint density at radius 2 is 2.06 bits per heavy atom. The van der Waals surface area contributed by atoms with E-state index in [1.807, 2.05) is 13.8 Å². The fourth-order valence-electron chi connectivity index (χ4n) is 1.36. The summed E-state index contributed by atoms with van der Waals surface area (Å²) < 4.78 is 28.0. The van der Waals surface area contributed by atoms with Gasteiger partial charge < -0.3 is 10.1 Å². The molecule has 0 atom stereocenters. The summed E-state index contributed by atoms with van der Waals surface area (Å²) >= 11 is 0. The molecule has 0 amide bonds. The van der Waals surface area contributed by atoms with Crippen LogP contribution in [0.25, 0.3) is 0 Å². The average Bonchev–Trinajstić information content (AvgIpc) is 2.34. The molecular weight excluding hydrogens is 254 g/mol. The summed E-state index contributed by atoms with van der Waals surface area (Å²) in [7, 11) is -2.96. The van der Waals surface area contributed by atoms with Crippen molar-refractivity contribution in [2.45, 2.75) is 20.8 Å². The van der Waals surface area contributed by atoms with Crippen LogP contribution in [0, 0.1) is 6.92 Å². The second kappa shape index (κ2) is 6.53. The summed E-state index contributed by atoms with van der Waals surface area (Å²) in [5.41, 5.74) is 0.785. The maximum Gasteiger partial charge on any atom is 0.221 e. The number of sulfone groups is 1. The maximum absolute atomic E-state index is 11.3. The Bertz CT molecular complexity index is 488. The van der Waals surface area contributed by atoms with Crippen LogP contribution in [0.2, 0.25) is 0 Å². The smallest absolute Gasteiger partial charge is 0.221 e. The van der Waals surface area contributed by atoms with E-state index in [-0.39, 0.29) is 11.5 Å². The summed E-state index contributed by atoms with van der Waals surface area (Å²) in [5.74, 6) is 1.38. The molecule has 0 radical (unpaired) electrons. The number of rotatable bonds is 7. The van der Waals surface area contributed by atoms with Crippen LogP contribution in [-0.4, -0.2) is 43.0 Å². The minimum Gasteiger partial charge on any atom is -0.478 e. The first-order valence-corrected chi connectivity index (χ1v) is 7.71. The molecule has 1 N–H and O–H groups in total. The van der Waals surface area contributed by atoms with E-state index in [2.05, 4.69) is 15.3 Å². The lowest BCUT2D eigenvalue weighted by atomic mass is 10.3. The zero-order chi connectivity index (χ0) is 13.6. The van der Waals surface area contributed by atoms with Gasteiger partial charge in [-0.25, -0.2) is 18.4 Å². The van der Waals surface area contributed by atoms with Gasteiger partial charge in [0.05, 0.1) is 17.9 Å². The van der Waals surface area contributed by atoms with Crippen molar-refractivity contribution >= 4 is 15.7 Å². The second-order valence-electron chi connectivity index (χ2n) is 3.75. The fourth-order valence-corrected chi connectivity index (χ4v) is 2.07. The summed E-state index contributed by atoms with van der Waals surface area (Å²) in [6, 6.07) is 0. The average molecular weight is 273 g/mol. The molecule has 0 spiro atoms. The lowest BCUT2D eigenvalue weighted by Crippen LogP contribution is -2.18. The van der Waals surface area contributed by atoms with Crippen molar-refractivity contribution in [2.75, 3.05) is 30.0 Å². The molecule has 0 fully saturated rings. The van der Waals surface area contributed by atoms with Gasteiger partial charge in [-0.15, -0.1) is 0 Å². The lowest BCUT2D eigenvalue weighted by Gasteiger charge is -2.11. The van der Waals surface area contributed by atoms with E-state index in [1.165, 1.54) is 6.33 Å². The molecule has 0 aliphatic carbocycles. The highest BCUT2D eigenvalue weighted by Gasteiger charge is 2.10. The molecule has 6 nitrogen and oxygen atoms in total. The Hall–Kier alpha value is -1.37. The number of nitrogens with zero attached hydrogens (tertiary/aromatic N) is 2. The molecule has 1 heterocycles. The van der Waals surface area contributed by atoms with Gasteiger partial charge in [-0.1, -0.05) is 6.92 Å². The number of nitrogens with one attached hydrogen (secondary N) is 1. The SMILES string of the molecule is CCOc1ncnc(NCCS(=O)(=O)CC)c1C. The Kier molecular flexibility index (Phi) is 5.33. The van der Waals surface area contributed by atoms with E-state index in [4.69, 9.17) is 4.74 Å². The van der Waals surface area contributed by atoms with Crippen molar-refractivity contribution in [2.24, 2.45) is 0 Å². The van der Waals surface area contributed by atoms with Gasteiger partial charge in [0, 0.05) is 12.3 Å². The van der Waals surface area contributed by atoms with Crippen LogP contribution in [0.1, 0.15) is 19.4 Å². The van der Waals surface area contributed by atoms with Gasteiger partial charge in [0.25, 0.3) is 0 Å². The number of hydrogen-bond donors (Lipinski definition) is 1. The number of anilines is 1. The quantitative estimate of drug-likeness (QED) is 0.799. The first-order chi connectivity index (χ1) is 8.50. The predicted octanol–water partition coefficient (Wildman–Crippen LogP) is 1.03. The van der Waals surface area contributed by atoms with E-state index in [0.29, 0.717) is 24.8 Å². The van der Waals surface area contributed by atoms with E-state index in [9.17, 15) is 8.42 Å². The highest BCUT2D eigenvalue weighted by molar-refractivity contribution is 7.91. The monoisotopic (exact) mass is 273 g/mol. The first kappa shape index (κ1) is 14.7. The van der Waals surface area contributed by atoms with Crippen LogP contribution in [-0.2, 0) is 9.84 Å². The summed E-state index contributed by atoms with van der Waals surface area (Å²) in [6.45, 7) is 6.21. The number of hydrogen-bond acceptors (Lipinski definition) is 6. The predicted molar refractivity (Wildman–Crippen MR) is 70.8 cm³/mol. The molecule has 0 aliphatic heterocycles. The molecule has 0 aliphatic rings. The topological polar surface area (TPSA) is 81.2 Å². The Labute approximate surface area is 108 Å². The van der Waals surface area contributed by atoms with E-state index < -0.39 is 9.84 Å². The van der Waals surface area contributed by atoms with Gasteiger partial charge in [0.1, 0.15) is 12.1 Å². The van der Waals surface area contributed by atoms with E-state index >= 15 is 0 Å². The van der Waals surface area contributed by atoms with Crippen molar-refractivity contribution in [1.82, 2.24) is 9.97 Å². The molecule has 0 aromatic carbocycles. The van der Waals surface area contributed by atoms with E-state index in [0.717, 1.165) is 5.56 Å². The molecule has 1 aromatic heterocycles. The van der Waals surface area contributed by atoms with Crippen molar-refractivity contribution in [3.63, 3.8) is 0 Å². The van der Waals surface area contributed by atoms with Gasteiger partial charge in [-0.2, -0.15) is 0 Å². The van der Waals surface area contributed by atoms with Gasteiger partial charge in [-0.05, 0) is 13.8 Å². The molecule has 0 saturated carbocycles. The summed E-state index contributed by atoms with van der Waals surface area (Å²) in [4.78, 5) is 8.08. The van der Waals surface area contributed by atoms with Crippen LogP contribution in [0.5, 0.6) is 5.88 Å². The van der Waals surface area contributed by atoms with Gasteiger partial charge in [0.15, 0.2) is 9.84 Å². The third-order valence-electron chi connectivity index (χ3n) is 2.46. The molecular formula is C11H19N3O3S. The third kappa shape index (κ3) is 4.14. The molecule has 1 rings (SSSR count). The summed E-state index contributed by atoms with van der Waals surface area (Å²) in [5, 5.41) is 2.99. The van der Waals surface area contributed by atoms with Crippen LogP contribution in [0.4, 0.5) is 5.82 Å². The number of aromatic nitrogens is 2. The Balaban J connectivity index is 2.65. The normalized spacial score (nSPS) is 11.3. The minimum absolute atomic E-state index is 0.0942. The zero-order valence-corrected chi connectivity index (χ0v) is 11.7. The van der Waals surface area contributed by atoms with Crippen molar-refractivity contribution < 1.29 is 13.2 Å². The Morgan fingerprint density at radius 3 is 2.67 bits per heavy atom. The molecule has 0 saturated heterocycles. The van der Waals surface area contributed by atoms with Gasteiger partial charge in [0.2, 0.25) is 5.88 Å². The van der Waals surface area contributed by atoms with Crippen molar-refractivity contribution in [1.29, 1.82) is 0 Å². The Morgan fingerprint density at radius 1 is 1.33 bits per heavy atom. The van der Waals surface area contributed by atoms with Crippen LogP contribution in [0.15, 0.2) is 6.33 Å². The van der Waals surface area contributed by atoms with Gasteiger partial charge in [-0.3, -0.25) is 0 Å². The zero-order valence-electron chi connectivity index (χ0n) is 10.9. The lowest BCUT2D eigenvalue weighted by molar-refractivity contribution is 0.324. The summed E-state index contributed by atoms with van der Waals surface area (Å²) in [6.07, 6.45) is 1.40. The molecule has 102 valence electrons. The maximum atomic E-state index is 11.3. The first-order valence-electron chi connectivity index (χ1n) is 5.88. The molecule has 1 aromatic rings. The van der Waals surface area contributed by atoms with Gasteiger partial charge >= 0.3 is 0 Å². The standard InChI is InChI=1S/C11H19N3O3S/c1-4-17-11-9(3)10(13-8-14-11)12-6-7-18(15,16)5-2/h8H,4-7H2,1-3H3,(H,12,13,14). The molecule has 18 heavy (non-hydrogen) atoms. The van der Waals surface area contributed by atoms with E-state index in [1.54, 1.807) is 6.92 Å². The highest BCUT2D eigenvalue weighted by Crippen LogP contribution is 2.19. The van der Waals surface area contributed by atoms with Crippen LogP contribution < -0.4 is 10.1 Å². The third-order valence-corrected chi connectivity index (χ3v) is 4.17. The minimum atomic E-state index is -2.96. The van der Waals surface area contributed by atoms with Crippen LogP contribution in [0.3, 0.4) is 0 Å². The largest absolute Gasteiger partial charge is 0.478 e. The van der Waals surface area contributed by atoms with Crippen LogP contribution >= 0.6 is 0 Å². The molecule has 0 unspecified atom stereocenters. The highest BCUT2D eigenvalue weighted by atomic mass is 32.2. The second-order valence-corrected chi connectivity index (χ2v) is 6.22. The van der Waals surface area contributed by atoms with Crippen molar-refractivity contribution in [3.8, 4) is 5.88 Å².